The molecule has 0 atom stereocenters. The quantitative estimate of drug-likeness (QED) is 0.805. The maximum absolute atomic E-state index is 11.7. The number of hydrogen-bond donors (Lipinski definition) is 1. The number of benzene rings is 1. The van der Waals surface area contributed by atoms with Crippen LogP contribution >= 0.6 is 0 Å². The lowest BCUT2D eigenvalue weighted by Crippen LogP contribution is -2.27. The lowest BCUT2D eigenvalue weighted by Gasteiger charge is -2.00. The summed E-state index contributed by atoms with van der Waals surface area (Å²) >= 11 is 0. The van der Waals surface area contributed by atoms with Crippen molar-refractivity contribution in [2.45, 2.75) is 13.3 Å². The summed E-state index contributed by atoms with van der Waals surface area (Å²) in [5.74, 6) is 0.0127. The van der Waals surface area contributed by atoms with Gasteiger partial charge in [-0.3, -0.25) is 4.79 Å². The molecule has 1 amide bonds. The molecule has 6 nitrogen and oxygen atoms in total. The molecule has 0 aliphatic carbocycles. The summed E-state index contributed by atoms with van der Waals surface area (Å²) in [6.07, 6.45) is 0.513. The van der Waals surface area contributed by atoms with Crippen molar-refractivity contribution in [3.63, 3.8) is 0 Å². The molecule has 0 unspecified atom stereocenters. The Morgan fingerprint density at radius 1 is 1.30 bits per heavy atom. The largest absolute Gasteiger partial charge is 0.417 e. The second kappa shape index (κ2) is 6.81. The van der Waals surface area contributed by atoms with E-state index in [-0.39, 0.29) is 11.8 Å². The van der Waals surface area contributed by atoms with Crippen molar-refractivity contribution in [3.05, 3.63) is 47.2 Å². The first-order valence-corrected chi connectivity index (χ1v) is 6.34. The zero-order chi connectivity index (χ0) is 14.4. The SMILES string of the molecule is COCCNC(=O)c1nnc(Cc2ccc(C)cc2)o1. The normalized spacial score (nSPS) is 10.5. The number of ether oxygens (including phenoxy) is 1. The average Bonchev–Trinajstić information content (AvgIpc) is 2.90. The van der Waals surface area contributed by atoms with E-state index in [1.54, 1.807) is 7.11 Å². The molecule has 1 N–H and O–H groups in total. The number of methoxy groups -OCH3 is 1. The molecule has 20 heavy (non-hydrogen) atoms. The number of nitrogens with one attached hydrogen (secondary N) is 1. The van der Waals surface area contributed by atoms with Gasteiger partial charge < -0.3 is 14.5 Å². The van der Waals surface area contributed by atoms with E-state index in [9.17, 15) is 4.79 Å². The molecule has 6 heteroatoms. The van der Waals surface area contributed by atoms with Crippen LogP contribution in [0.15, 0.2) is 28.7 Å². The number of amides is 1. The molecular weight excluding hydrogens is 258 g/mol. The first-order chi connectivity index (χ1) is 9.69. The van der Waals surface area contributed by atoms with Gasteiger partial charge in [0.2, 0.25) is 5.89 Å². The fourth-order valence-electron chi connectivity index (χ4n) is 1.64. The molecule has 1 heterocycles. The van der Waals surface area contributed by atoms with E-state index in [2.05, 4.69) is 15.5 Å². The number of rotatable bonds is 6. The minimum Gasteiger partial charge on any atom is -0.417 e. The number of aryl methyl sites for hydroxylation is 1. The van der Waals surface area contributed by atoms with Gasteiger partial charge in [0, 0.05) is 13.7 Å². The van der Waals surface area contributed by atoms with Gasteiger partial charge in [-0.15, -0.1) is 10.2 Å². The molecule has 0 aliphatic heterocycles. The van der Waals surface area contributed by atoms with Crippen LogP contribution in [-0.4, -0.2) is 36.4 Å². The van der Waals surface area contributed by atoms with Crippen molar-refractivity contribution in [3.8, 4) is 0 Å². The van der Waals surface area contributed by atoms with Crippen LogP contribution in [0.4, 0.5) is 0 Å². The summed E-state index contributed by atoms with van der Waals surface area (Å²) in [6, 6.07) is 8.03. The number of aromatic nitrogens is 2. The summed E-state index contributed by atoms with van der Waals surface area (Å²) in [5, 5.41) is 10.2. The van der Waals surface area contributed by atoms with Gasteiger partial charge in [0.05, 0.1) is 13.0 Å². The van der Waals surface area contributed by atoms with E-state index in [0.717, 1.165) is 5.56 Å². The lowest BCUT2D eigenvalue weighted by molar-refractivity contribution is 0.0901. The predicted molar refractivity (Wildman–Crippen MR) is 72.5 cm³/mol. The van der Waals surface area contributed by atoms with Crippen molar-refractivity contribution in [2.75, 3.05) is 20.3 Å². The summed E-state index contributed by atoms with van der Waals surface area (Å²) in [5.41, 5.74) is 2.25. The fraction of sp³-hybridized carbons (Fsp3) is 0.357. The van der Waals surface area contributed by atoms with Crippen molar-refractivity contribution in [1.82, 2.24) is 15.5 Å². The van der Waals surface area contributed by atoms with Crippen LogP contribution in [0.1, 0.15) is 27.7 Å². The number of nitrogens with zero attached hydrogens (tertiary/aromatic N) is 2. The van der Waals surface area contributed by atoms with Gasteiger partial charge in [0.1, 0.15) is 0 Å². The Bertz CT molecular complexity index is 563. The third-order valence-electron chi connectivity index (χ3n) is 2.73. The highest BCUT2D eigenvalue weighted by Gasteiger charge is 2.14. The molecule has 0 bridgehead atoms. The highest BCUT2D eigenvalue weighted by atomic mass is 16.5. The molecule has 1 aromatic carbocycles. The summed E-state index contributed by atoms with van der Waals surface area (Å²) < 4.78 is 10.2. The maximum Gasteiger partial charge on any atom is 0.308 e. The van der Waals surface area contributed by atoms with E-state index in [0.29, 0.717) is 25.5 Å². The Morgan fingerprint density at radius 2 is 2.05 bits per heavy atom. The monoisotopic (exact) mass is 275 g/mol. The van der Waals surface area contributed by atoms with E-state index >= 15 is 0 Å². The third kappa shape index (κ3) is 3.89. The number of carbonyl (C=O) groups is 1. The predicted octanol–water partition coefficient (Wildman–Crippen LogP) is 1.35. The van der Waals surface area contributed by atoms with E-state index in [1.807, 2.05) is 31.2 Å². The zero-order valence-corrected chi connectivity index (χ0v) is 11.5. The van der Waals surface area contributed by atoms with Gasteiger partial charge in [0.15, 0.2) is 0 Å². The van der Waals surface area contributed by atoms with Gasteiger partial charge in [0.25, 0.3) is 0 Å². The van der Waals surface area contributed by atoms with Gasteiger partial charge in [-0.2, -0.15) is 0 Å². The Kier molecular flexibility index (Phi) is 4.84. The van der Waals surface area contributed by atoms with Crippen LogP contribution in [0.25, 0.3) is 0 Å². The van der Waals surface area contributed by atoms with Gasteiger partial charge in [-0.05, 0) is 12.5 Å². The summed E-state index contributed by atoms with van der Waals surface area (Å²) in [7, 11) is 1.57. The number of carbonyl (C=O) groups excluding carboxylic acids is 1. The highest BCUT2D eigenvalue weighted by molar-refractivity contribution is 5.89. The van der Waals surface area contributed by atoms with Crippen LogP contribution in [0, 0.1) is 6.92 Å². The Balaban J connectivity index is 1.94. The molecule has 106 valence electrons. The van der Waals surface area contributed by atoms with Crippen LogP contribution < -0.4 is 5.32 Å². The van der Waals surface area contributed by atoms with Crippen molar-refractivity contribution >= 4 is 5.91 Å². The topological polar surface area (TPSA) is 77.2 Å². The van der Waals surface area contributed by atoms with Crippen molar-refractivity contribution < 1.29 is 13.9 Å². The molecule has 0 fully saturated rings. The van der Waals surface area contributed by atoms with E-state index in [1.165, 1.54) is 5.56 Å². The molecule has 0 saturated carbocycles. The fourth-order valence-corrected chi connectivity index (χ4v) is 1.64. The second-order valence-corrected chi connectivity index (χ2v) is 4.41. The van der Waals surface area contributed by atoms with Gasteiger partial charge >= 0.3 is 11.8 Å². The van der Waals surface area contributed by atoms with Gasteiger partial charge in [-0.25, -0.2) is 0 Å². The molecule has 2 aromatic rings. The van der Waals surface area contributed by atoms with Crippen LogP contribution in [-0.2, 0) is 11.2 Å². The molecule has 2 rings (SSSR count). The highest BCUT2D eigenvalue weighted by Crippen LogP contribution is 2.09. The second-order valence-electron chi connectivity index (χ2n) is 4.41. The van der Waals surface area contributed by atoms with Crippen LogP contribution in [0.2, 0.25) is 0 Å². The molecule has 0 aliphatic rings. The Hall–Kier alpha value is -2.21. The van der Waals surface area contributed by atoms with Crippen LogP contribution in [0.3, 0.4) is 0 Å². The van der Waals surface area contributed by atoms with Gasteiger partial charge in [-0.1, -0.05) is 29.8 Å². The first-order valence-electron chi connectivity index (χ1n) is 6.34. The van der Waals surface area contributed by atoms with Crippen LogP contribution in [0.5, 0.6) is 0 Å². The Morgan fingerprint density at radius 3 is 2.75 bits per heavy atom. The summed E-state index contributed by atoms with van der Waals surface area (Å²) in [6.45, 7) is 2.88. The Labute approximate surface area is 117 Å². The minimum absolute atomic E-state index is 0.0248. The molecule has 1 aromatic heterocycles. The van der Waals surface area contributed by atoms with Crippen molar-refractivity contribution in [2.24, 2.45) is 0 Å². The average molecular weight is 275 g/mol. The first kappa shape index (κ1) is 14.2. The number of hydrogen-bond acceptors (Lipinski definition) is 5. The smallest absolute Gasteiger partial charge is 0.308 e. The van der Waals surface area contributed by atoms with Crippen molar-refractivity contribution in [1.29, 1.82) is 0 Å². The standard InChI is InChI=1S/C14H17N3O3/c1-10-3-5-11(6-4-10)9-12-16-17-14(20-12)13(18)15-7-8-19-2/h3-6H,7-9H2,1-2H3,(H,15,18). The third-order valence-corrected chi connectivity index (χ3v) is 2.73. The minimum atomic E-state index is -0.385. The van der Waals surface area contributed by atoms with E-state index in [4.69, 9.17) is 9.15 Å². The lowest BCUT2D eigenvalue weighted by atomic mass is 10.1. The zero-order valence-electron chi connectivity index (χ0n) is 11.5. The molecule has 0 spiro atoms. The molecule has 0 radical (unpaired) electrons. The van der Waals surface area contributed by atoms with E-state index < -0.39 is 0 Å². The molecule has 0 saturated heterocycles. The molecular formula is C14H17N3O3. The summed E-state index contributed by atoms with van der Waals surface area (Å²) in [4.78, 5) is 11.7. The maximum atomic E-state index is 11.7.